The van der Waals surface area contributed by atoms with Crippen molar-refractivity contribution in [2.45, 2.75) is 6.42 Å². The fraction of sp³-hybridized carbons (Fsp3) is 0.217. The lowest BCUT2D eigenvalue weighted by atomic mass is 10.1. The van der Waals surface area contributed by atoms with E-state index >= 15 is 0 Å². The molecule has 0 saturated heterocycles. The molecule has 5 rings (SSSR count). The molecule has 0 radical (unpaired) electrons. The van der Waals surface area contributed by atoms with Gasteiger partial charge in [0.15, 0.2) is 5.82 Å². The summed E-state index contributed by atoms with van der Waals surface area (Å²) in [4.78, 5) is 11.6. The summed E-state index contributed by atoms with van der Waals surface area (Å²) in [5, 5.41) is 18.6. The Bertz CT molecular complexity index is 1390. The van der Waals surface area contributed by atoms with Crippen molar-refractivity contribution in [1.29, 1.82) is 0 Å². The number of hydrogen-bond acceptors (Lipinski definition) is 9. The van der Waals surface area contributed by atoms with Crippen molar-refractivity contribution in [3.8, 4) is 22.8 Å². The van der Waals surface area contributed by atoms with E-state index in [2.05, 4.69) is 35.6 Å². The minimum absolute atomic E-state index is 0.579. The second kappa shape index (κ2) is 9.14. The van der Waals surface area contributed by atoms with E-state index in [4.69, 9.17) is 14.5 Å². The molecule has 3 aromatic heterocycles. The topological polar surface area (TPSA) is 120 Å². The molecule has 34 heavy (non-hydrogen) atoms. The third kappa shape index (κ3) is 4.35. The average Bonchev–Trinajstić information content (AvgIpc) is 3.55. The Morgan fingerprint density at radius 1 is 0.971 bits per heavy atom. The number of nitrogens with zero attached hydrogens (tertiary/aromatic N) is 8. The predicted molar refractivity (Wildman–Crippen MR) is 126 cm³/mol. The molecule has 0 unspecified atom stereocenters. The Kier molecular flexibility index (Phi) is 5.73. The molecule has 0 amide bonds. The number of aryl methyl sites for hydroxylation is 1. The number of nitrogens with one attached hydrogen (secondary N) is 1. The Morgan fingerprint density at radius 2 is 1.79 bits per heavy atom. The zero-order valence-electron chi connectivity index (χ0n) is 19.0. The van der Waals surface area contributed by atoms with Crippen LogP contribution >= 0.6 is 0 Å². The molecule has 0 spiro atoms. The van der Waals surface area contributed by atoms with Gasteiger partial charge in [-0.3, -0.25) is 9.67 Å². The van der Waals surface area contributed by atoms with Crippen molar-refractivity contribution >= 4 is 22.4 Å². The van der Waals surface area contributed by atoms with Gasteiger partial charge >= 0.3 is 0 Å². The molecule has 5 aromatic rings. The number of fused-ring (bicyclic) bond motifs is 1. The molecule has 0 fully saturated rings. The normalized spacial score (nSPS) is 11.0. The molecule has 0 atom stereocenters. The number of rotatable bonds is 8. The molecule has 0 aliphatic carbocycles. The maximum atomic E-state index is 5.49. The third-order valence-corrected chi connectivity index (χ3v) is 5.43. The Labute approximate surface area is 195 Å². The van der Waals surface area contributed by atoms with Crippen LogP contribution in [0.1, 0.15) is 5.82 Å². The molecular weight excluding hydrogens is 434 g/mol. The minimum Gasteiger partial charge on any atom is -0.497 e. The molecular formula is C23H23N9O2. The summed E-state index contributed by atoms with van der Waals surface area (Å²) >= 11 is 0. The second-order valence-electron chi connectivity index (χ2n) is 7.63. The van der Waals surface area contributed by atoms with E-state index in [1.807, 2.05) is 49.6 Å². The van der Waals surface area contributed by atoms with Crippen molar-refractivity contribution in [2.24, 2.45) is 7.05 Å². The van der Waals surface area contributed by atoms with Gasteiger partial charge < -0.3 is 14.4 Å². The van der Waals surface area contributed by atoms with E-state index < -0.39 is 0 Å². The van der Waals surface area contributed by atoms with E-state index in [0.717, 1.165) is 33.7 Å². The van der Waals surface area contributed by atoms with Gasteiger partial charge in [0, 0.05) is 61.3 Å². The first-order valence-electron chi connectivity index (χ1n) is 10.6. The predicted octanol–water partition coefficient (Wildman–Crippen LogP) is 2.94. The SMILES string of the molecule is COc1cc(OC)cc(N(CCc2nn[nH]n2)c2ccc3ncc(-c4cnn(C)c4)nc3c2)c1. The molecule has 0 aliphatic rings. The summed E-state index contributed by atoms with van der Waals surface area (Å²) in [5.41, 5.74) is 5.09. The average molecular weight is 457 g/mol. The van der Waals surface area contributed by atoms with Gasteiger partial charge in [0.05, 0.1) is 43.3 Å². The number of ether oxygens (including phenoxy) is 2. The largest absolute Gasteiger partial charge is 0.497 e. The van der Waals surface area contributed by atoms with Crippen LogP contribution in [0.5, 0.6) is 11.5 Å². The Hall–Kier alpha value is -4.54. The Morgan fingerprint density at radius 3 is 2.47 bits per heavy atom. The third-order valence-electron chi connectivity index (χ3n) is 5.43. The molecule has 0 aliphatic heterocycles. The van der Waals surface area contributed by atoms with Crippen LogP contribution in [0.25, 0.3) is 22.3 Å². The van der Waals surface area contributed by atoms with Gasteiger partial charge in [-0.2, -0.15) is 10.3 Å². The highest BCUT2D eigenvalue weighted by molar-refractivity contribution is 5.82. The summed E-state index contributed by atoms with van der Waals surface area (Å²) in [7, 11) is 5.14. The van der Waals surface area contributed by atoms with Crippen molar-refractivity contribution < 1.29 is 9.47 Å². The van der Waals surface area contributed by atoms with Crippen LogP contribution < -0.4 is 14.4 Å². The lowest BCUT2D eigenvalue weighted by molar-refractivity contribution is 0.394. The van der Waals surface area contributed by atoms with Crippen LogP contribution in [0.15, 0.2) is 55.0 Å². The summed E-state index contributed by atoms with van der Waals surface area (Å²) in [6.07, 6.45) is 6.04. The highest BCUT2D eigenvalue weighted by atomic mass is 16.5. The minimum atomic E-state index is 0.579. The second-order valence-corrected chi connectivity index (χ2v) is 7.63. The van der Waals surface area contributed by atoms with Crippen LogP contribution in [0.2, 0.25) is 0 Å². The van der Waals surface area contributed by atoms with Crippen LogP contribution in [-0.2, 0) is 13.5 Å². The molecule has 0 saturated carbocycles. The van der Waals surface area contributed by atoms with Gasteiger partial charge in [0.2, 0.25) is 0 Å². The number of methoxy groups -OCH3 is 2. The van der Waals surface area contributed by atoms with Crippen LogP contribution in [0.3, 0.4) is 0 Å². The first-order chi connectivity index (χ1) is 16.6. The van der Waals surface area contributed by atoms with Gasteiger partial charge in [-0.1, -0.05) is 5.21 Å². The van der Waals surface area contributed by atoms with Crippen molar-refractivity contribution in [2.75, 3.05) is 25.7 Å². The quantitative estimate of drug-likeness (QED) is 0.375. The van der Waals surface area contributed by atoms with Gasteiger partial charge in [0.25, 0.3) is 0 Å². The number of H-pyrrole nitrogens is 1. The van der Waals surface area contributed by atoms with Crippen LogP contribution in [0, 0.1) is 0 Å². The molecule has 11 heteroatoms. The first-order valence-corrected chi connectivity index (χ1v) is 10.6. The number of hydrogen-bond donors (Lipinski definition) is 1. The number of anilines is 2. The van der Waals surface area contributed by atoms with E-state index in [1.54, 1.807) is 31.3 Å². The number of tetrazole rings is 1. The highest BCUT2D eigenvalue weighted by Gasteiger charge is 2.15. The summed E-state index contributed by atoms with van der Waals surface area (Å²) in [5.74, 6) is 2.01. The Balaban J connectivity index is 1.57. The standard InChI is InChI=1S/C23H23N9O2/c1-31-14-15(12-25-31)22-13-24-20-5-4-16(10-21(20)26-22)32(7-6-23-27-29-30-28-23)17-8-18(33-2)11-19(9-17)34-3/h4-5,8-14H,6-7H2,1-3H3,(H,27,28,29,30). The van der Waals surface area contributed by atoms with E-state index in [9.17, 15) is 0 Å². The number of aromatic nitrogens is 8. The fourth-order valence-corrected chi connectivity index (χ4v) is 3.72. The number of benzene rings is 2. The monoisotopic (exact) mass is 457 g/mol. The maximum Gasteiger partial charge on any atom is 0.176 e. The van der Waals surface area contributed by atoms with Gasteiger partial charge in [0.1, 0.15) is 11.5 Å². The highest BCUT2D eigenvalue weighted by Crippen LogP contribution is 2.34. The van der Waals surface area contributed by atoms with E-state index in [-0.39, 0.29) is 0 Å². The molecule has 1 N–H and O–H groups in total. The molecule has 3 heterocycles. The summed E-state index contributed by atoms with van der Waals surface area (Å²) in [6.45, 7) is 0.594. The van der Waals surface area contributed by atoms with E-state index in [0.29, 0.717) is 30.3 Å². The first kappa shape index (κ1) is 21.3. The molecule has 2 aromatic carbocycles. The molecule has 11 nitrogen and oxygen atoms in total. The maximum absolute atomic E-state index is 5.49. The van der Waals surface area contributed by atoms with Crippen LogP contribution in [-0.4, -0.2) is 61.1 Å². The van der Waals surface area contributed by atoms with Crippen molar-refractivity contribution in [3.05, 3.63) is 60.8 Å². The summed E-state index contributed by atoms with van der Waals surface area (Å²) < 4.78 is 12.7. The van der Waals surface area contributed by atoms with Crippen molar-refractivity contribution in [1.82, 2.24) is 40.4 Å². The van der Waals surface area contributed by atoms with Crippen molar-refractivity contribution in [3.63, 3.8) is 0 Å². The fourth-order valence-electron chi connectivity index (χ4n) is 3.72. The van der Waals surface area contributed by atoms with Gasteiger partial charge in [-0.15, -0.1) is 10.2 Å². The number of aromatic amines is 1. The van der Waals surface area contributed by atoms with Gasteiger partial charge in [-0.05, 0) is 18.2 Å². The summed E-state index contributed by atoms with van der Waals surface area (Å²) in [6, 6.07) is 11.8. The van der Waals surface area contributed by atoms with Gasteiger partial charge in [-0.25, -0.2) is 4.98 Å². The lowest BCUT2D eigenvalue weighted by Crippen LogP contribution is -2.21. The smallest absolute Gasteiger partial charge is 0.176 e. The zero-order valence-corrected chi connectivity index (χ0v) is 19.0. The van der Waals surface area contributed by atoms with Crippen LogP contribution in [0.4, 0.5) is 11.4 Å². The molecule has 0 bridgehead atoms. The lowest BCUT2D eigenvalue weighted by Gasteiger charge is -2.26. The molecule has 172 valence electrons. The zero-order chi connectivity index (χ0) is 23.5. The van der Waals surface area contributed by atoms with E-state index in [1.165, 1.54) is 0 Å².